The number of fused-ring (bicyclic) bond motifs is 1. The number of benzene rings is 1. The molecule has 0 saturated heterocycles. The minimum atomic E-state index is -2.04. The molecule has 5 nitrogen and oxygen atoms in total. The molecule has 18 heavy (non-hydrogen) atoms. The third-order valence-electron chi connectivity index (χ3n) is 3.14. The Bertz CT molecular complexity index is 552. The molecule has 1 aromatic rings. The molecule has 1 N–H and O–H groups in total. The van der Waals surface area contributed by atoms with E-state index >= 15 is 0 Å². The summed E-state index contributed by atoms with van der Waals surface area (Å²) in [6.45, 7) is 3.49. The highest BCUT2D eigenvalue weighted by molar-refractivity contribution is 6.13. The van der Waals surface area contributed by atoms with Crippen LogP contribution in [0.15, 0.2) is 36.4 Å². The summed E-state index contributed by atoms with van der Waals surface area (Å²) in [5.41, 5.74) is -1.44. The van der Waals surface area contributed by atoms with Crippen molar-refractivity contribution in [3.05, 3.63) is 42.0 Å². The number of hydrogen-bond acceptors (Lipinski definition) is 4. The van der Waals surface area contributed by atoms with Gasteiger partial charge in [-0.2, -0.15) is 0 Å². The number of hydrogen-bond donors (Lipinski definition) is 1. The summed E-state index contributed by atoms with van der Waals surface area (Å²) >= 11 is 0. The van der Waals surface area contributed by atoms with E-state index in [4.69, 9.17) is 0 Å². The second-order valence-corrected chi connectivity index (χ2v) is 4.06. The van der Waals surface area contributed by atoms with Gasteiger partial charge in [0.25, 0.3) is 5.91 Å². The van der Waals surface area contributed by atoms with Gasteiger partial charge in [-0.05, 0) is 6.07 Å². The maximum Gasteiger partial charge on any atom is 0.336 e. The molecule has 1 atom stereocenters. The first-order chi connectivity index (χ1) is 8.44. The van der Waals surface area contributed by atoms with Crippen molar-refractivity contribution in [2.24, 2.45) is 0 Å². The first-order valence-electron chi connectivity index (χ1n) is 5.32. The molecule has 0 aromatic heterocycles. The molecule has 0 unspecified atom stereocenters. The number of amides is 1. The number of aliphatic hydroxyl groups is 1. The Hall–Kier alpha value is -2.14. The molecule has 0 fully saturated rings. The van der Waals surface area contributed by atoms with E-state index in [1.54, 1.807) is 24.3 Å². The number of carbonyl (C=O) groups is 2. The van der Waals surface area contributed by atoms with Crippen LogP contribution in [0.2, 0.25) is 0 Å². The number of rotatable bonds is 2. The van der Waals surface area contributed by atoms with E-state index in [-0.39, 0.29) is 5.57 Å². The maximum absolute atomic E-state index is 12.2. The van der Waals surface area contributed by atoms with Gasteiger partial charge in [0.2, 0.25) is 5.60 Å². The molecule has 0 radical (unpaired) electrons. The van der Waals surface area contributed by atoms with E-state index in [0.29, 0.717) is 11.3 Å². The topological polar surface area (TPSA) is 66.8 Å². The van der Waals surface area contributed by atoms with Crippen molar-refractivity contribution < 1.29 is 19.4 Å². The average Bonchev–Trinajstić information content (AvgIpc) is 2.61. The number of likely N-dealkylation sites (N-methyl/N-ethyl adjacent to an activating group) is 1. The monoisotopic (exact) mass is 247 g/mol. The number of ether oxygens (including phenoxy) is 1. The third-order valence-corrected chi connectivity index (χ3v) is 3.14. The van der Waals surface area contributed by atoms with Crippen molar-refractivity contribution in [1.29, 1.82) is 0 Å². The lowest BCUT2D eigenvalue weighted by atomic mass is 9.88. The maximum atomic E-state index is 12.2. The van der Waals surface area contributed by atoms with Crippen LogP contribution in [0.25, 0.3) is 0 Å². The highest BCUT2D eigenvalue weighted by atomic mass is 16.5. The van der Waals surface area contributed by atoms with Gasteiger partial charge in [-0.25, -0.2) is 4.79 Å². The lowest BCUT2D eigenvalue weighted by Gasteiger charge is -2.22. The quantitative estimate of drug-likeness (QED) is 0.613. The standard InChI is InChI=1S/C13H13NO4/c1-8(11(15)18-3)13(17)9-6-4-5-7-10(9)14(2)12(13)16/h4-7,17H,1H2,2-3H3/t13-/m1/s1. The number of nitrogens with zero attached hydrogens (tertiary/aromatic N) is 1. The van der Waals surface area contributed by atoms with Crippen LogP contribution in [0.4, 0.5) is 5.69 Å². The number of carbonyl (C=O) groups excluding carboxylic acids is 2. The molecule has 5 heteroatoms. The van der Waals surface area contributed by atoms with Crippen LogP contribution in [-0.4, -0.2) is 31.1 Å². The molecule has 94 valence electrons. The van der Waals surface area contributed by atoms with Gasteiger partial charge >= 0.3 is 5.97 Å². The minimum absolute atomic E-state index is 0.285. The predicted molar refractivity (Wildman–Crippen MR) is 64.9 cm³/mol. The van der Waals surface area contributed by atoms with Crippen LogP contribution in [-0.2, 0) is 19.9 Å². The molecular weight excluding hydrogens is 234 g/mol. The zero-order valence-electron chi connectivity index (χ0n) is 10.1. The van der Waals surface area contributed by atoms with Gasteiger partial charge < -0.3 is 14.7 Å². The normalized spacial score (nSPS) is 21.7. The van der Waals surface area contributed by atoms with Gasteiger partial charge in [0.05, 0.1) is 18.4 Å². The van der Waals surface area contributed by atoms with Crippen molar-refractivity contribution in [1.82, 2.24) is 0 Å². The summed E-state index contributed by atoms with van der Waals surface area (Å²) in [5.74, 6) is -1.42. The lowest BCUT2D eigenvalue weighted by Crippen LogP contribution is -2.42. The van der Waals surface area contributed by atoms with Crippen molar-refractivity contribution in [2.75, 3.05) is 19.1 Å². The number of anilines is 1. The highest BCUT2D eigenvalue weighted by Gasteiger charge is 2.52. The number of esters is 1. The van der Waals surface area contributed by atoms with Crippen LogP contribution in [0.1, 0.15) is 5.56 Å². The summed E-state index contributed by atoms with van der Waals surface area (Å²) in [7, 11) is 2.70. The molecule has 0 saturated carbocycles. The van der Waals surface area contributed by atoms with E-state index in [1.807, 2.05) is 0 Å². The number of methoxy groups -OCH3 is 1. The Balaban J connectivity index is 2.61. The van der Waals surface area contributed by atoms with E-state index in [0.717, 1.165) is 0 Å². The number of para-hydroxylation sites is 1. The Labute approximate surface area is 104 Å². The second kappa shape index (κ2) is 3.96. The van der Waals surface area contributed by atoms with Crippen LogP contribution < -0.4 is 4.90 Å². The fraction of sp³-hybridized carbons (Fsp3) is 0.231. The second-order valence-electron chi connectivity index (χ2n) is 4.06. The summed E-state index contributed by atoms with van der Waals surface area (Å²) in [6, 6.07) is 6.71. The summed E-state index contributed by atoms with van der Waals surface area (Å²) in [6.07, 6.45) is 0. The largest absolute Gasteiger partial charge is 0.466 e. The van der Waals surface area contributed by atoms with Gasteiger partial charge in [-0.3, -0.25) is 4.79 Å². The smallest absolute Gasteiger partial charge is 0.336 e. The molecular formula is C13H13NO4. The molecule has 1 aliphatic heterocycles. The summed E-state index contributed by atoms with van der Waals surface area (Å²) in [4.78, 5) is 25.0. The van der Waals surface area contributed by atoms with Crippen molar-refractivity contribution in [2.45, 2.75) is 5.60 Å². The predicted octanol–water partition coefficient (Wildman–Crippen LogP) is 0.580. The molecule has 0 aliphatic carbocycles. The Kier molecular flexibility index (Phi) is 2.71. The molecule has 2 rings (SSSR count). The van der Waals surface area contributed by atoms with Gasteiger partial charge in [-0.1, -0.05) is 24.8 Å². The SMILES string of the molecule is C=C(C(=O)OC)[C@]1(O)C(=O)N(C)c2ccccc21. The molecule has 1 aromatic carbocycles. The van der Waals surface area contributed by atoms with Crippen LogP contribution >= 0.6 is 0 Å². The lowest BCUT2D eigenvalue weighted by molar-refractivity contribution is -0.144. The van der Waals surface area contributed by atoms with Gasteiger partial charge in [0, 0.05) is 12.6 Å². The van der Waals surface area contributed by atoms with E-state index in [1.165, 1.54) is 19.1 Å². The van der Waals surface area contributed by atoms with E-state index in [9.17, 15) is 14.7 Å². The Morgan fingerprint density at radius 1 is 1.44 bits per heavy atom. The molecule has 1 heterocycles. The van der Waals surface area contributed by atoms with Crippen molar-refractivity contribution in [3.63, 3.8) is 0 Å². The highest BCUT2D eigenvalue weighted by Crippen LogP contribution is 2.43. The van der Waals surface area contributed by atoms with Crippen LogP contribution in [0, 0.1) is 0 Å². The minimum Gasteiger partial charge on any atom is -0.466 e. The van der Waals surface area contributed by atoms with Crippen molar-refractivity contribution >= 4 is 17.6 Å². The van der Waals surface area contributed by atoms with Gasteiger partial charge in [0.15, 0.2) is 0 Å². The fourth-order valence-electron chi connectivity index (χ4n) is 2.10. The van der Waals surface area contributed by atoms with Gasteiger partial charge in [0.1, 0.15) is 0 Å². The van der Waals surface area contributed by atoms with Crippen LogP contribution in [0.3, 0.4) is 0 Å². The zero-order chi connectivity index (χ0) is 13.5. The van der Waals surface area contributed by atoms with E-state index in [2.05, 4.69) is 11.3 Å². The third kappa shape index (κ3) is 1.37. The molecule has 0 bridgehead atoms. The van der Waals surface area contributed by atoms with E-state index < -0.39 is 17.5 Å². The average molecular weight is 247 g/mol. The first kappa shape index (κ1) is 12.3. The molecule has 0 spiro atoms. The van der Waals surface area contributed by atoms with Gasteiger partial charge in [-0.15, -0.1) is 0 Å². The first-order valence-corrected chi connectivity index (χ1v) is 5.32. The zero-order valence-corrected chi connectivity index (χ0v) is 10.1. The fourth-order valence-corrected chi connectivity index (χ4v) is 2.10. The summed E-state index contributed by atoms with van der Waals surface area (Å²) in [5, 5.41) is 10.6. The van der Waals surface area contributed by atoms with Crippen LogP contribution in [0.5, 0.6) is 0 Å². The molecule has 1 amide bonds. The molecule has 1 aliphatic rings. The Morgan fingerprint density at radius 3 is 2.67 bits per heavy atom. The Morgan fingerprint density at radius 2 is 2.06 bits per heavy atom. The van der Waals surface area contributed by atoms with Crippen molar-refractivity contribution in [3.8, 4) is 0 Å². The summed E-state index contributed by atoms with van der Waals surface area (Å²) < 4.78 is 4.52.